The Kier molecular flexibility index (Phi) is 3.24. The molecule has 0 bridgehead atoms. The first-order chi connectivity index (χ1) is 7.69. The second-order valence-electron chi connectivity index (χ2n) is 3.93. The zero-order valence-corrected chi connectivity index (χ0v) is 9.44. The lowest BCUT2D eigenvalue weighted by Gasteiger charge is -2.13. The van der Waals surface area contributed by atoms with Gasteiger partial charge in [0.1, 0.15) is 6.10 Å². The standard InChI is InChI=1S/C11H15FN2O2/c1-14-6-5-8(7-14)16-10-4-3-9(12)11(13-10)15-2/h3-4,8H,5-7H2,1-2H3. The number of rotatable bonds is 3. The number of nitrogens with zero attached hydrogens (tertiary/aromatic N) is 2. The summed E-state index contributed by atoms with van der Waals surface area (Å²) in [5, 5.41) is 0. The average molecular weight is 226 g/mol. The van der Waals surface area contributed by atoms with Crippen LogP contribution in [0.4, 0.5) is 4.39 Å². The van der Waals surface area contributed by atoms with Crippen molar-refractivity contribution in [1.29, 1.82) is 0 Å². The van der Waals surface area contributed by atoms with Crippen LogP contribution in [-0.2, 0) is 0 Å². The molecule has 0 radical (unpaired) electrons. The number of pyridine rings is 1. The molecule has 1 aromatic rings. The summed E-state index contributed by atoms with van der Waals surface area (Å²) in [6.45, 7) is 1.89. The van der Waals surface area contributed by atoms with Crippen LogP contribution < -0.4 is 9.47 Å². The largest absolute Gasteiger partial charge is 0.479 e. The Morgan fingerprint density at radius 3 is 2.94 bits per heavy atom. The van der Waals surface area contributed by atoms with Crippen LogP contribution >= 0.6 is 0 Å². The van der Waals surface area contributed by atoms with Crippen LogP contribution in [0.15, 0.2) is 12.1 Å². The fourth-order valence-corrected chi connectivity index (χ4v) is 1.78. The molecule has 4 nitrogen and oxygen atoms in total. The van der Waals surface area contributed by atoms with Gasteiger partial charge in [0.15, 0.2) is 5.82 Å². The molecule has 2 heterocycles. The maximum atomic E-state index is 13.1. The van der Waals surface area contributed by atoms with Gasteiger partial charge in [-0.3, -0.25) is 0 Å². The summed E-state index contributed by atoms with van der Waals surface area (Å²) in [5.41, 5.74) is 0. The van der Waals surface area contributed by atoms with E-state index in [4.69, 9.17) is 9.47 Å². The second kappa shape index (κ2) is 4.65. The Morgan fingerprint density at radius 1 is 1.50 bits per heavy atom. The predicted octanol–water partition coefficient (Wildman–Crippen LogP) is 1.31. The number of halogens is 1. The molecule has 0 aliphatic carbocycles. The van der Waals surface area contributed by atoms with Crippen molar-refractivity contribution in [2.24, 2.45) is 0 Å². The maximum Gasteiger partial charge on any atom is 0.253 e. The van der Waals surface area contributed by atoms with Gasteiger partial charge in [0.25, 0.3) is 5.88 Å². The van der Waals surface area contributed by atoms with Gasteiger partial charge in [-0.05, 0) is 19.5 Å². The third-order valence-corrected chi connectivity index (χ3v) is 2.62. The Balaban J connectivity index is 2.04. The monoisotopic (exact) mass is 226 g/mol. The zero-order chi connectivity index (χ0) is 11.5. The molecule has 1 aromatic heterocycles. The number of likely N-dealkylation sites (N-methyl/N-ethyl adjacent to an activating group) is 1. The second-order valence-corrected chi connectivity index (χ2v) is 3.93. The SMILES string of the molecule is COc1nc(OC2CCN(C)C2)ccc1F. The lowest BCUT2D eigenvalue weighted by molar-refractivity contribution is 0.197. The van der Waals surface area contributed by atoms with Crippen molar-refractivity contribution in [3.8, 4) is 11.8 Å². The molecule has 0 spiro atoms. The number of hydrogen-bond acceptors (Lipinski definition) is 4. The minimum absolute atomic E-state index is 0.0242. The van der Waals surface area contributed by atoms with Crippen molar-refractivity contribution >= 4 is 0 Å². The van der Waals surface area contributed by atoms with Crippen molar-refractivity contribution in [1.82, 2.24) is 9.88 Å². The quantitative estimate of drug-likeness (QED) is 0.778. The fourth-order valence-electron chi connectivity index (χ4n) is 1.78. The van der Waals surface area contributed by atoms with Gasteiger partial charge in [-0.25, -0.2) is 4.39 Å². The van der Waals surface area contributed by atoms with E-state index >= 15 is 0 Å². The van der Waals surface area contributed by atoms with Crippen LogP contribution in [-0.4, -0.2) is 43.2 Å². The van der Waals surface area contributed by atoms with E-state index in [2.05, 4.69) is 9.88 Å². The molecule has 16 heavy (non-hydrogen) atoms. The van der Waals surface area contributed by atoms with Crippen molar-refractivity contribution in [3.05, 3.63) is 17.9 Å². The fraction of sp³-hybridized carbons (Fsp3) is 0.545. The summed E-state index contributed by atoms with van der Waals surface area (Å²) in [4.78, 5) is 6.13. The van der Waals surface area contributed by atoms with Gasteiger partial charge in [-0.15, -0.1) is 0 Å². The molecule has 1 aliphatic heterocycles. The molecule has 0 saturated carbocycles. The van der Waals surface area contributed by atoms with Gasteiger partial charge in [-0.1, -0.05) is 0 Å². The summed E-state index contributed by atoms with van der Waals surface area (Å²) in [6, 6.07) is 2.83. The van der Waals surface area contributed by atoms with Gasteiger partial charge >= 0.3 is 0 Å². The average Bonchev–Trinajstić information content (AvgIpc) is 2.67. The summed E-state index contributed by atoms with van der Waals surface area (Å²) in [6.07, 6.45) is 1.10. The molecule has 0 amide bonds. The topological polar surface area (TPSA) is 34.6 Å². The van der Waals surface area contributed by atoms with Gasteiger partial charge < -0.3 is 14.4 Å². The maximum absolute atomic E-state index is 13.1. The number of ether oxygens (including phenoxy) is 2. The van der Waals surface area contributed by atoms with E-state index in [9.17, 15) is 4.39 Å². The number of hydrogen-bond donors (Lipinski definition) is 0. The minimum atomic E-state index is -0.474. The zero-order valence-electron chi connectivity index (χ0n) is 9.44. The van der Waals surface area contributed by atoms with E-state index < -0.39 is 5.82 Å². The summed E-state index contributed by atoms with van der Waals surface area (Å²) < 4.78 is 23.5. The lowest BCUT2D eigenvalue weighted by atomic mass is 10.3. The third kappa shape index (κ3) is 2.41. The first-order valence-corrected chi connectivity index (χ1v) is 5.25. The molecular formula is C11H15FN2O2. The van der Waals surface area contributed by atoms with Gasteiger partial charge in [0.05, 0.1) is 7.11 Å². The molecule has 1 aliphatic rings. The molecule has 5 heteroatoms. The molecular weight excluding hydrogens is 211 g/mol. The van der Waals surface area contributed by atoms with Crippen LogP contribution in [0.5, 0.6) is 11.8 Å². The number of methoxy groups -OCH3 is 1. The molecule has 1 atom stereocenters. The van der Waals surface area contributed by atoms with E-state index in [1.54, 1.807) is 0 Å². The van der Waals surface area contributed by atoms with E-state index in [0.29, 0.717) is 5.88 Å². The van der Waals surface area contributed by atoms with E-state index in [0.717, 1.165) is 19.5 Å². The normalized spacial score (nSPS) is 21.1. The molecule has 0 aromatic carbocycles. The number of aromatic nitrogens is 1. The van der Waals surface area contributed by atoms with Crippen LogP contribution in [0.25, 0.3) is 0 Å². The first kappa shape index (κ1) is 11.1. The van der Waals surface area contributed by atoms with E-state index in [-0.39, 0.29) is 12.0 Å². The molecule has 0 N–H and O–H groups in total. The van der Waals surface area contributed by atoms with Crippen LogP contribution in [0.3, 0.4) is 0 Å². The van der Waals surface area contributed by atoms with Crippen LogP contribution in [0, 0.1) is 5.82 Å². The highest BCUT2D eigenvalue weighted by molar-refractivity contribution is 5.22. The highest BCUT2D eigenvalue weighted by Gasteiger charge is 2.21. The van der Waals surface area contributed by atoms with E-state index in [1.807, 2.05) is 7.05 Å². The molecule has 88 valence electrons. The Labute approximate surface area is 94.0 Å². The minimum Gasteiger partial charge on any atom is -0.479 e. The van der Waals surface area contributed by atoms with Crippen molar-refractivity contribution in [2.75, 3.05) is 27.2 Å². The van der Waals surface area contributed by atoms with Crippen molar-refractivity contribution in [2.45, 2.75) is 12.5 Å². The molecule has 2 rings (SSSR count). The van der Waals surface area contributed by atoms with Gasteiger partial charge in [-0.2, -0.15) is 4.98 Å². The van der Waals surface area contributed by atoms with Crippen molar-refractivity contribution < 1.29 is 13.9 Å². The molecule has 1 fully saturated rings. The highest BCUT2D eigenvalue weighted by Crippen LogP contribution is 2.20. The van der Waals surface area contributed by atoms with Crippen molar-refractivity contribution in [3.63, 3.8) is 0 Å². The summed E-state index contributed by atoms with van der Waals surface area (Å²) in [7, 11) is 3.43. The Hall–Kier alpha value is -1.36. The summed E-state index contributed by atoms with van der Waals surface area (Å²) >= 11 is 0. The van der Waals surface area contributed by atoms with Gasteiger partial charge in [0.2, 0.25) is 5.88 Å². The Bertz CT molecular complexity index is 373. The number of likely N-dealkylation sites (tertiary alicyclic amines) is 1. The van der Waals surface area contributed by atoms with Crippen LogP contribution in [0.2, 0.25) is 0 Å². The summed E-state index contributed by atoms with van der Waals surface area (Å²) in [5.74, 6) is -0.0826. The smallest absolute Gasteiger partial charge is 0.253 e. The van der Waals surface area contributed by atoms with Gasteiger partial charge in [0, 0.05) is 19.2 Å². The molecule has 1 unspecified atom stereocenters. The van der Waals surface area contributed by atoms with Crippen LogP contribution in [0.1, 0.15) is 6.42 Å². The molecule has 1 saturated heterocycles. The van der Waals surface area contributed by atoms with E-state index in [1.165, 1.54) is 19.2 Å². The highest BCUT2D eigenvalue weighted by atomic mass is 19.1. The third-order valence-electron chi connectivity index (χ3n) is 2.62. The Morgan fingerprint density at radius 2 is 2.31 bits per heavy atom. The predicted molar refractivity (Wildman–Crippen MR) is 57.3 cm³/mol. The first-order valence-electron chi connectivity index (χ1n) is 5.25. The lowest BCUT2D eigenvalue weighted by Crippen LogP contribution is -2.21.